The molecule has 3 aromatic rings. The highest BCUT2D eigenvalue weighted by Crippen LogP contribution is 2.35. The molecule has 1 aliphatic carbocycles. The van der Waals surface area contributed by atoms with Crippen LogP contribution in [-0.4, -0.2) is 30.0 Å². The van der Waals surface area contributed by atoms with Crippen molar-refractivity contribution >= 4 is 38.5 Å². The molecule has 154 valence electrons. The van der Waals surface area contributed by atoms with Crippen LogP contribution in [0.25, 0.3) is 22.2 Å². The fourth-order valence-corrected chi connectivity index (χ4v) is 4.46. The first-order valence-corrected chi connectivity index (χ1v) is 11.4. The Bertz CT molecular complexity index is 1270. The zero-order valence-electron chi connectivity index (χ0n) is 16.4. The lowest BCUT2D eigenvalue weighted by Crippen LogP contribution is -2.16. The fourth-order valence-electron chi connectivity index (χ4n) is 3.33. The van der Waals surface area contributed by atoms with Crippen LogP contribution in [0.3, 0.4) is 0 Å². The molecule has 30 heavy (non-hydrogen) atoms. The van der Waals surface area contributed by atoms with Crippen LogP contribution in [-0.2, 0) is 14.8 Å². The Morgan fingerprint density at radius 1 is 1.27 bits per heavy atom. The standard InChI is InChI=1S/C21H21N5O3S/c1-2-9-30(28,29)26-15-5-6-16(14(10-15)12-22)18-11-19(25-21(27)13-3-4-13)24-20-17(18)7-8-23-20/h5-8,10-11,13,26H,2-4,9H2,1H3,(H2,23,24,25,27). The molecule has 1 saturated carbocycles. The number of anilines is 2. The summed E-state index contributed by atoms with van der Waals surface area (Å²) in [5.41, 5.74) is 2.61. The number of hydrogen-bond donors (Lipinski definition) is 3. The molecule has 3 N–H and O–H groups in total. The average molecular weight is 423 g/mol. The molecular formula is C21H21N5O3S. The molecule has 1 amide bonds. The molecule has 2 heterocycles. The number of rotatable bonds is 7. The van der Waals surface area contributed by atoms with Crippen LogP contribution in [0.2, 0.25) is 0 Å². The lowest BCUT2D eigenvalue weighted by molar-refractivity contribution is -0.117. The molecule has 0 spiro atoms. The summed E-state index contributed by atoms with van der Waals surface area (Å²) in [6, 6.07) is 10.6. The van der Waals surface area contributed by atoms with Gasteiger partial charge in [0, 0.05) is 28.8 Å². The molecule has 0 aliphatic heterocycles. The van der Waals surface area contributed by atoms with E-state index >= 15 is 0 Å². The van der Waals surface area contributed by atoms with Crippen LogP contribution in [0.15, 0.2) is 36.5 Å². The van der Waals surface area contributed by atoms with Crippen LogP contribution >= 0.6 is 0 Å². The highest BCUT2D eigenvalue weighted by molar-refractivity contribution is 7.92. The van der Waals surface area contributed by atoms with Crippen LogP contribution in [0.5, 0.6) is 0 Å². The van der Waals surface area contributed by atoms with E-state index in [1.807, 2.05) is 6.07 Å². The van der Waals surface area contributed by atoms with Crippen molar-refractivity contribution in [2.45, 2.75) is 26.2 Å². The largest absolute Gasteiger partial charge is 0.346 e. The lowest BCUT2D eigenvalue weighted by atomic mass is 9.98. The minimum Gasteiger partial charge on any atom is -0.346 e. The van der Waals surface area contributed by atoms with Gasteiger partial charge in [-0.3, -0.25) is 9.52 Å². The zero-order valence-corrected chi connectivity index (χ0v) is 17.2. The number of nitriles is 1. The third-order valence-corrected chi connectivity index (χ3v) is 6.40. The van der Waals surface area contributed by atoms with Crippen molar-refractivity contribution in [1.29, 1.82) is 5.26 Å². The monoisotopic (exact) mass is 423 g/mol. The Morgan fingerprint density at radius 3 is 2.77 bits per heavy atom. The quantitative estimate of drug-likeness (QED) is 0.535. The minimum absolute atomic E-state index is 0.00895. The van der Waals surface area contributed by atoms with Gasteiger partial charge in [0.05, 0.1) is 17.4 Å². The second-order valence-corrected chi connectivity index (χ2v) is 9.19. The Kier molecular flexibility index (Phi) is 5.18. The normalized spacial score (nSPS) is 13.7. The number of nitrogens with one attached hydrogen (secondary N) is 3. The molecule has 0 saturated heterocycles. The van der Waals surface area contributed by atoms with Crippen LogP contribution < -0.4 is 10.0 Å². The summed E-state index contributed by atoms with van der Waals surface area (Å²) in [5.74, 6) is 0.406. The minimum atomic E-state index is -3.46. The first kappa shape index (κ1) is 19.9. The van der Waals surface area contributed by atoms with Crippen molar-refractivity contribution in [2.24, 2.45) is 5.92 Å². The Labute approximate surface area is 174 Å². The summed E-state index contributed by atoms with van der Waals surface area (Å²) in [6.07, 6.45) is 4.01. The Hall–Kier alpha value is -3.38. The Balaban J connectivity index is 1.74. The highest BCUT2D eigenvalue weighted by atomic mass is 32.2. The number of pyridine rings is 1. The van der Waals surface area contributed by atoms with Gasteiger partial charge >= 0.3 is 0 Å². The molecule has 8 nitrogen and oxygen atoms in total. The number of H-pyrrole nitrogens is 1. The number of aromatic nitrogens is 2. The van der Waals surface area contributed by atoms with Crippen LogP contribution in [0.4, 0.5) is 11.5 Å². The maximum absolute atomic E-state index is 12.2. The maximum atomic E-state index is 12.2. The van der Waals surface area contributed by atoms with Gasteiger partial charge < -0.3 is 10.3 Å². The van der Waals surface area contributed by atoms with Gasteiger partial charge in [0.2, 0.25) is 15.9 Å². The highest BCUT2D eigenvalue weighted by Gasteiger charge is 2.30. The molecule has 0 unspecified atom stereocenters. The van der Waals surface area contributed by atoms with E-state index in [-0.39, 0.29) is 17.6 Å². The van der Waals surface area contributed by atoms with Gasteiger partial charge in [0.15, 0.2) is 0 Å². The predicted octanol–water partition coefficient (Wildman–Crippen LogP) is 3.60. The smallest absolute Gasteiger partial charge is 0.232 e. The second-order valence-electron chi connectivity index (χ2n) is 7.35. The van der Waals surface area contributed by atoms with E-state index in [4.69, 9.17) is 0 Å². The number of hydrogen-bond acceptors (Lipinski definition) is 5. The molecule has 1 aromatic carbocycles. The van der Waals surface area contributed by atoms with E-state index in [2.05, 4.69) is 26.1 Å². The lowest BCUT2D eigenvalue weighted by Gasteiger charge is -2.12. The first-order valence-electron chi connectivity index (χ1n) is 9.74. The summed E-state index contributed by atoms with van der Waals surface area (Å²) in [7, 11) is -3.46. The number of sulfonamides is 1. The van der Waals surface area contributed by atoms with Crippen LogP contribution in [0.1, 0.15) is 31.7 Å². The average Bonchev–Trinajstić information content (AvgIpc) is 3.45. The molecule has 0 bridgehead atoms. The molecule has 0 radical (unpaired) electrons. The van der Waals surface area contributed by atoms with Crippen molar-refractivity contribution < 1.29 is 13.2 Å². The summed E-state index contributed by atoms with van der Waals surface area (Å²) < 4.78 is 26.6. The summed E-state index contributed by atoms with van der Waals surface area (Å²) in [5, 5.41) is 13.4. The van der Waals surface area contributed by atoms with E-state index in [0.717, 1.165) is 23.8 Å². The SMILES string of the molecule is CCCS(=O)(=O)Nc1ccc(-c2cc(NC(=O)C3CC3)nc3[nH]ccc23)c(C#N)c1. The molecule has 1 aliphatic rings. The van der Waals surface area contributed by atoms with Crippen LogP contribution in [0, 0.1) is 17.2 Å². The van der Waals surface area contributed by atoms with Gasteiger partial charge in [-0.15, -0.1) is 0 Å². The molecular weight excluding hydrogens is 402 g/mol. The van der Waals surface area contributed by atoms with E-state index in [1.165, 1.54) is 6.07 Å². The third kappa shape index (κ3) is 4.14. The predicted molar refractivity (Wildman–Crippen MR) is 115 cm³/mol. The van der Waals surface area contributed by atoms with Gasteiger partial charge in [0.25, 0.3) is 0 Å². The molecule has 4 rings (SSSR count). The molecule has 1 fully saturated rings. The van der Waals surface area contributed by atoms with E-state index in [1.54, 1.807) is 31.3 Å². The van der Waals surface area contributed by atoms with Gasteiger partial charge in [0.1, 0.15) is 11.5 Å². The van der Waals surface area contributed by atoms with E-state index < -0.39 is 10.0 Å². The zero-order chi connectivity index (χ0) is 21.3. The first-order chi connectivity index (χ1) is 14.4. The number of amides is 1. The van der Waals surface area contributed by atoms with E-state index in [9.17, 15) is 18.5 Å². The van der Waals surface area contributed by atoms with E-state index in [0.29, 0.717) is 34.7 Å². The number of aromatic amines is 1. The second kappa shape index (κ2) is 7.80. The molecule has 0 atom stereocenters. The van der Waals surface area contributed by atoms with Gasteiger partial charge in [-0.25, -0.2) is 13.4 Å². The number of carbonyl (C=O) groups excluding carboxylic acids is 1. The maximum Gasteiger partial charge on any atom is 0.232 e. The number of benzene rings is 1. The van der Waals surface area contributed by atoms with Crippen molar-refractivity contribution in [3.05, 3.63) is 42.1 Å². The number of fused-ring (bicyclic) bond motifs is 1. The van der Waals surface area contributed by atoms with Gasteiger partial charge in [-0.05, 0) is 49.1 Å². The van der Waals surface area contributed by atoms with Crippen molar-refractivity contribution in [3.8, 4) is 17.2 Å². The molecule has 9 heteroatoms. The summed E-state index contributed by atoms with van der Waals surface area (Å²) >= 11 is 0. The van der Waals surface area contributed by atoms with Crippen molar-refractivity contribution in [2.75, 3.05) is 15.8 Å². The third-order valence-electron chi connectivity index (χ3n) is 4.90. The molecule has 2 aromatic heterocycles. The van der Waals surface area contributed by atoms with Crippen molar-refractivity contribution in [1.82, 2.24) is 9.97 Å². The Morgan fingerprint density at radius 2 is 2.07 bits per heavy atom. The van der Waals surface area contributed by atoms with Crippen molar-refractivity contribution in [3.63, 3.8) is 0 Å². The topological polar surface area (TPSA) is 128 Å². The van der Waals surface area contributed by atoms with Gasteiger partial charge in [-0.2, -0.15) is 5.26 Å². The summed E-state index contributed by atoms with van der Waals surface area (Å²) in [4.78, 5) is 19.7. The number of nitrogens with zero attached hydrogens (tertiary/aromatic N) is 2. The number of carbonyl (C=O) groups is 1. The fraction of sp³-hybridized carbons (Fsp3) is 0.286. The summed E-state index contributed by atoms with van der Waals surface area (Å²) in [6.45, 7) is 1.79. The van der Waals surface area contributed by atoms with Gasteiger partial charge in [-0.1, -0.05) is 13.0 Å².